The molecule has 0 bridgehead atoms. The van der Waals surface area contributed by atoms with Crippen molar-refractivity contribution < 1.29 is 20.8 Å². The third-order valence-electron chi connectivity index (χ3n) is 7.40. The molecule has 0 aliphatic carbocycles. The maximum Gasteiger partial charge on any atom is 0.0920 e. The molecule has 0 N–H and O–H groups in total. The smallest absolute Gasteiger partial charge is 0.0920 e. The summed E-state index contributed by atoms with van der Waals surface area (Å²) in [6.07, 6.45) is 2.26. The Morgan fingerprint density at radius 3 is 2.28 bits per heavy atom. The van der Waals surface area contributed by atoms with Gasteiger partial charge in [0.15, 0.2) is 0 Å². The fourth-order valence-electron chi connectivity index (χ4n) is 5.35. The van der Waals surface area contributed by atoms with E-state index >= 15 is 0 Å². The van der Waals surface area contributed by atoms with E-state index in [1.54, 1.807) is 0 Å². The van der Waals surface area contributed by atoms with Gasteiger partial charge in [-0.05, 0) is 31.7 Å². The SMILES string of the molecule is CCc1ccc2[cH-]c(C(C)CC)cc2c1-c1cc(C)cc(C)c1.[Cl][Zr+2][Cl].[c-]1cccc2c1[Si]c1ccccc1-2. The van der Waals surface area contributed by atoms with Crippen LogP contribution in [0.4, 0.5) is 0 Å². The molecule has 2 radical (unpaired) electrons. The molecule has 6 rings (SSSR count). The molecule has 5 aromatic rings. The van der Waals surface area contributed by atoms with Crippen LogP contribution in [0.25, 0.3) is 33.0 Å². The van der Waals surface area contributed by atoms with Crippen molar-refractivity contribution in [1.82, 2.24) is 0 Å². The largest absolute Gasteiger partial charge is 0.184 e. The van der Waals surface area contributed by atoms with Gasteiger partial charge in [-0.2, -0.15) is 35.5 Å². The second-order valence-corrected chi connectivity index (χ2v) is 15.2. The molecule has 1 atom stereocenters. The van der Waals surface area contributed by atoms with Crippen LogP contribution >= 0.6 is 17.0 Å². The molecular weight excluding hydrogens is 611 g/mol. The number of halogens is 2. The van der Waals surface area contributed by atoms with Gasteiger partial charge in [0.05, 0.1) is 9.52 Å². The summed E-state index contributed by atoms with van der Waals surface area (Å²) in [7, 11) is 10.7. The van der Waals surface area contributed by atoms with Crippen LogP contribution in [-0.2, 0) is 27.3 Å². The molecule has 0 aromatic heterocycles. The Morgan fingerprint density at radius 1 is 0.897 bits per heavy atom. The average molecular weight is 645 g/mol. The summed E-state index contributed by atoms with van der Waals surface area (Å²) in [6.45, 7) is 11.2. The molecule has 0 spiro atoms. The van der Waals surface area contributed by atoms with Crippen molar-refractivity contribution >= 4 is 47.7 Å². The van der Waals surface area contributed by atoms with E-state index in [4.69, 9.17) is 17.0 Å². The molecule has 0 amide bonds. The van der Waals surface area contributed by atoms with E-state index in [1.807, 2.05) is 6.07 Å². The number of fused-ring (bicyclic) bond motifs is 4. The summed E-state index contributed by atoms with van der Waals surface area (Å²) in [5.41, 5.74) is 11.2. The zero-order valence-corrected chi connectivity index (χ0v) is 28.3. The first kappa shape index (κ1) is 30.1. The third kappa shape index (κ3) is 7.09. The van der Waals surface area contributed by atoms with E-state index in [2.05, 4.69) is 120 Å². The zero-order chi connectivity index (χ0) is 27.9. The van der Waals surface area contributed by atoms with Crippen molar-refractivity contribution in [2.24, 2.45) is 0 Å². The van der Waals surface area contributed by atoms with Crippen LogP contribution in [0.15, 0.2) is 84.9 Å². The molecule has 1 aliphatic rings. The van der Waals surface area contributed by atoms with Gasteiger partial charge in [0.1, 0.15) is 0 Å². The molecule has 0 saturated heterocycles. The third-order valence-corrected chi connectivity index (χ3v) is 8.77. The van der Waals surface area contributed by atoms with Gasteiger partial charge < -0.3 is 0 Å². The second kappa shape index (κ2) is 14.2. The van der Waals surface area contributed by atoms with Crippen molar-refractivity contribution in [3.63, 3.8) is 0 Å². The summed E-state index contributed by atoms with van der Waals surface area (Å²) in [4.78, 5) is 0. The first-order valence-electron chi connectivity index (χ1n) is 13.5. The Hall–Kier alpha value is -1.83. The molecule has 196 valence electrons. The minimum atomic E-state index is -0.826. The normalized spacial score (nSPS) is 11.9. The molecule has 39 heavy (non-hydrogen) atoms. The van der Waals surface area contributed by atoms with Gasteiger partial charge in [0.2, 0.25) is 0 Å². The van der Waals surface area contributed by atoms with Gasteiger partial charge >= 0.3 is 37.9 Å². The molecule has 4 heteroatoms. The van der Waals surface area contributed by atoms with Crippen LogP contribution in [0.3, 0.4) is 0 Å². The molecule has 0 nitrogen and oxygen atoms in total. The maximum atomic E-state index is 4.93. The second-order valence-electron chi connectivity index (χ2n) is 10.1. The fourth-order valence-corrected chi connectivity index (χ4v) is 6.66. The van der Waals surface area contributed by atoms with E-state index in [0.29, 0.717) is 5.92 Å². The predicted octanol–water partition coefficient (Wildman–Crippen LogP) is 9.42. The van der Waals surface area contributed by atoms with Crippen LogP contribution in [0, 0.1) is 19.9 Å². The Morgan fingerprint density at radius 2 is 1.59 bits per heavy atom. The minimum Gasteiger partial charge on any atom is -0.184 e. The summed E-state index contributed by atoms with van der Waals surface area (Å²) in [5, 5.41) is 5.62. The molecule has 0 fully saturated rings. The van der Waals surface area contributed by atoms with E-state index < -0.39 is 20.8 Å². The minimum absolute atomic E-state index is 0.625. The molecule has 5 aromatic carbocycles. The number of benzene rings is 4. The number of aryl methyl sites for hydroxylation is 3. The van der Waals surface area contributed by atoms with Crippen LogP contribution in [0.1, 0.15) is 55.4 Å². The monoisotopic (exact) mass is 642 g/mol. The molecule has 1 heterocycles. The summed E-state index contributed by atoms with van der Waals surface area (Å²) < 4.78 is 0. The van der Waals surface area contributed by atoms with Crippen LogP contribution in [-0.4, -0.2) is 9.52 Å². The van der Waals surface area contributed by atoms with Crippen molar-refractivity contribution in [3.8, 4) is 22.3 Å². The summed E-state index contributed by atoms with van der Waals surface area (Å²) >= 11 is -0.826. The topological polar surface area (TPSA) is 0 Å². The molecule has 0 saturated carbocycles. The van der Waals surface area contributed by atoms with Gasteiger partial charge in [0.25, 0.3) is 0 Å². The van der Waals surface area contributed by atoms with Gasteiger partial charge in [-0.25, -0.2) is 0 Å². The number of rotatable bonds is 4. The van der Waals surface area contributed by atoms with Gasteiger partial charge in [-0.1, -0.05) is 103 Å². The summed E-state index contributed by atoms with van der Waals surface area (Å²) in [6, 6.07) is 34.5. The van der Waals surface area contributed by atoms with Crippen molar-refractivity contribution in [1.29, 1.82) is 0 Å². The number of hydrogen-bond donors (Lipinski definition) is 0. The number of hydrogen-bond acceptors (Lipinski definition) is 0. The Labute approximate surface area is 255 Å². The standard InChI is InChI=1S/C23H27.C12H7Si.2ClH.Zr/c1-6-17(5)20-13-19-9-8-18(7-2)23(22(19)14-20)21-11-15(3)10-16(4)12-21;1-3-7-11-9(5-1)10-6-2-4-8-12(10)13-11;;;/h8-14,17H,6-7H2,1-5H3;1-7H;2*1H;/q2*-1;;;+4/p-2. The molecule has 1 aliphatic heterocycles. The predicted molar refractivity (Wildman–Crippen MR) is 170 cm³/mol. The maximum absolute atomic E-state index is 4.93. The van der Waals surface area contributed by atoms with Crippen molar-refractivity contribution in [3.05, 3.63) is 113 Å². The van der Waals surface area contributed by atoms with Crippen molar-refractivity contribution in [2.45, 2.75) is 53.4 Å². The average Bonchev–Trinajstić information content (AvgIpc) is 3.54. The van der Waals surface area contributed by atoms with E-state index in [-0.39, 0.29) is 0 Å². The van der Waals surface area contributed by atoms with Crippen molar-refractivity contribution in [2.75, 3.05) is 0 Å². The zero-order valence-electron chi connectivity index (χ0n) is 23.3. The van der Waals surface area contributed by atoms with E-state index in [1.165, 1.54) is 72.1 Å². The summed E-state index contributed by atoms with van der Waals surface area (Å²) in [5.74, 6) is 0.625. The Kier molecular flexibility index (Phi) is 11.0. The Balaban J connectivity index is 0.000000184. The van der Waals surface area contributed by atoms with Gasteiger partial charge in [-0.3, -0.25) is 0 Å². The first-order valence-corrected chi connectivity index (χ1v) is 20.9. The molecular formula is C35H34Cl2SiZr. The fraction of sp³-hybridized carbons (Fsp3) is 0.229. The van der Waals surface area contributed by atoms with Crippen LogP contribution in [0.2, 0.25) is 0 Å². The van der Waals surface area contributed by atoms with E-state index in [9.17, 15) is 0 Å². The molecule has 1 unspecified atom stereocenters. The quantitative estimate of drug-likeness (QED) is 0.133. The van der Waals surface area contributed by atoms with E-state index in [0.717, 1.165) is 15.9 Å². The van der Waals surface area contributed by atoms with Gasteiger partial charge in [-0.15, -0.1) is 40.1 Å². The van der Waals surface area contributed by atoms with Crippen LogP contribution < -0.4 is 10.4 Å². The van der Waals surface area contributed by atoms with Crippen LogP contribution in [0.5, 0.6) is 0 Å². The Bertz CT molecular complexity index is 1490. The van der Waals surface area contributed by atoms with Gasteiger partial charge in [0, 0.05) is 0 Å². The first-order chi connectivity index (χ1) is 18.9.